The molecule has 3 rings (SSSR count). The van der Waals surface area contributed by atoms with Gasteiger partial charge in [-0.15, -0.1) is 0 Å². The first-order valence-corrected chi connectivity index (χ1v) is 7.57. The number of fused-ring (bicyclic) bond motifs is 1. The molecule has 0 radical (unpaired) electrons. The molecule has 116 valence electrons. The first-order chi connectivity index (χ1) is 11.0. The molecular weight excluding hydrogens is 290 g/mol. The van der Waals surface area contributed by atoms with E-state index in [2.05, 4.69) is 5.32 Å². The third-order valence-electron chi connectivity index (χ3n) is 4.15. The highest BCUT2D eigenvalue weighted by molar-refractivity contribution is 6.04. The Morgan fingerprint density at radius 3 is 2.39 bits per heavy atom. The fraction of sp³-hybridized carbons (Fsp3) is 0.211. The summed E-state index contributed by atoms with van der Waals surface area (Å²) in [6.45, 7) is 1.50. The second-order valence-corrected chi connectivity index (χ2v) is 5.81. The van der Waals surface area contributed by atoms with E-state index in [1.807, 2.05) is 24.3 Å². The van der Waals surface area contributed by atoms with Crippen LogP contribution < -0.4 is 5.32 Å². The average molecular weight is 307 g/mol. The zero-order chi connectivity index (χ0) is 16.4. The van der Waals surface area contributed by atoms with Crippen molar-refractivity contribution in [1.29, 1.82) is 0 Å². The minimum atomic E-state index is -0.357. The van der Waals surface area contributed by atoms with Crippen LogP contribution in [0.2, 0.25) is 0 Å². The Morgan fingerprint density at radius 1 is 1.00 bits per heavy atom. The van der Waals surface area contributed by atoms with Crippen LogP contribution in [0.15, 0.2) is 48.5 Å². The molecule has 0 fully saturated rings. The Labute approximate surface area is 134 Å². The lowest BCUT2D eigenvalue weighted by molar-refractivity contribution is -0.119. The SMILES string of the molecule is CC(=O)c1ccc(NC(=O)C2CC(=O)c3ccccc3C2)cc1. The fourth-order valence-electron chi connectivity index (χ4n) is 2.86. The number of hydrogen-bond acceptors (Lipinski definition) is 3. The molecule has 0 bridgehead atoms. The van der Waals surface area contributed by atoms with Gasteiger partial charge in [-0.05, 0) is 43.2 Å². The highest BCUT2D eigenvalue weighted by atomic mass is 16.2. The Balaban J connectivity index is 1.72. The van der Waals surface area contributed by atoms with E-state index in [1.54, 1.807) is 24.3 Å². The van der Waals surface area contributed by atoms with Gasteiger partial charge < -0.3 is 5.32 Å². The van der Waals surface area contributed by atoms with E-state index in [0.29, 0.717) is 17.7 Å². The van der Waals surface area contributed by atoms with Crippen LogP contribution in [0.5, 0.6) is 0 Å². The quantitative estimate of drug-likeness (QED) is 0.885. The molecule has 1 amide bonds. The summed E-state index contributed by atoms with van der Waals surface area (Å²) in [7, 11) is 0. The van der Waals surface area contributed by atoms with Gasteiger partial charge in [-0.2, -0.15) is 0 Å². The first kappa shape index (κ1) is 15.2. The molecule has 0 aliphatic heterocycles. The molecule has 2 aromatic carbocycles. The van der Waals surface area contributed by atoms with Gasteiger partial charge in [-0.3, -0.25) is 14.4 Å². The molecule has 4 nitrogen and oxygen atoms in total. The van der Waals surface area contributed by atoms with Gasteiger partial charge in [-0.1, -0.05) is 24.3 Å². The fourth-order valence-corrected chi connectivity index (χ4v) is 2.86. The highest BCUT2D eigenvalue weighted by Gasteiger charge is 2.29. The number of benzene rings is 2. The zero-order valence-corrected chi connectivity index (χ0v) is 12.8. The van der Waals surface area contributed by atoms with E-state index in [1.165, 1.54) is 6.92 Å². The maximum Gasteiger partial charge on any atom is 0.228 e. The molecule has 1 unspecified atom stereocenters. The van der Waals surface area contributed by atoms with Crippen LogP contribution in [0.4, 0.5) is 5.69 Å². The van der Waals surface area contributed by atoms with Crippen LogP contribution in [-0.4, -0.2) is 17.5 Å². The predicted octanol–water partition coefficient (Wildman–Crippen LogP) is 3.27. The van der Waals surface area contributed by atoms with E-state index in [4.69, 9.17) is 0 Å². The lowest BCUT2D eigenvalue weighted by Gasteiger charge is -2.22. The van der Waals surface area contributed by atoms with Gasteiger partial charge in [0.05, 0.1) is 0 Å². The van der Waals surface area contributed by atoms with Crippen molar-refractivity contribution in [2.24, 2.45) is 5.92 Å². The number of rotatable bonds is 3. The van der Waals surface area contributed by atoms with Gasteiger partial charge >= 0.3 is 0 Å². The summed E-state index contributed by atoms with van der Waals surface area (Å²) >= 11 is 0. The van der Waals surface area contributed by atoms with Crippen molar-refractivity contribution in [2.45, 2.75) is 19.8 Å². The number of anilines is 1. The molecule has 0 spiro atoms. The van der Waals surface area contributed by atoms with Crippen LogP contribution >= 0.6 is 0 Å². The second-order valence-electron chi connectivity index (χ2n) is 5.81. The summed E-state index contributed by atoms with van der Waals surface area (Å²) in [4.78, 5) is 35.8. The molecule has 1 N–H and O–H groups in total. The summed E-state index contributed by atoms with van der Waals surface area (Å²) < 4.78 is 0. The van der Waals surface area contributed by atoms with Gasteiger partial charge in [-0.25, -0.2) is 0 Å². The second kappa shape index (κ2) is 6.16. The summed E-state index contributed by atoms with van der Waals surface area (Å²) in [5.74, 6) is -0.524. The maximum absolute atomic E-state index is 12.4. The molecule has 1 aliphatic rings. The third kappa shape index (κ3) is 3.21. The van der Waals surface area contributed by atoms with Gasteiger partial charge in [0.15, 0.2) is 11.6 Å². The lowest BCUT2D eigenvalue weighted by atomic mass is 9.82. The summed E-state index contributed by atoms with van der Waals surface area (Å²) in [5, 5.41) is 2.83. The van der Waals surface area contributed by atoms with Crippen LogP contribution in [0, 0.1) is 5.92 Å². The molecule has 4 heteroatoms. The van der Waals surface area contributed by atoms with Crippen molar-refractivity contribution < 1.29 is 14.4 Å². The molecule has 1 aliphatic carbocycles. The first-order valence-electron chi connectivity index (χ1n) is 7.57. The number of amides is 1. The smallest absolute Gasteiger partial charge is 0.228 e. The van der Waals surface area contributed by atoms with E-state index in [0.717, 1.165) is 11.1 Å². The largest absolute Gasteiger partial charge is 0.326 e. The van der Waals surface area contributed by atoms with Gasteiger partial charge in [0.25, 0.3) is 0 Å². The number of ketones is 2. The molecule has 23 heavy (non-hydrogen) atoms. The number of Topliss-reactive ketones (excluding diaryl/α,β-unsaturated/α-hetero) is 2. The zero-order valence-electron chi connectivity index (χ0n) is 12.8. The molecule has 0 heterocycles. The number of carbonyl (C=O) groups excluding carboxylic acids is 3. The highest BCUT2D eigenvalue weighted by Crippen LogP contribution is 2.26. The van der Waals surface area contributed by atoms with Crippen molar-refractivity contribution in [1.82, 2.24) is 0 Å². The maximum atomic E-state index is 12.4. The third-order valence-corrected chi connectivity index (χ3v) is 4.15. The Hall–Kier alpha value is -2.75. The molecule has 0 saturated heterocycles. The standard InChI is InChI=1S/C19H17NO3/c1-12(21)13-6-8-16(9-7-13)20-19(23)15-10-14-4-2-3-5-17(14)18(22)11-15/h2-9,15H,10-11H2,1H3,(H,20,23). The van der Waals surface area contributed by atoms with Crippen molar-refractivity contribution in [3.8, 4) is 0 Å². The Kier molecular flexibility index (Phi) is 4.06. The summed E-state index contributed by atoms with van der Waals surface area (Å²) in [6.07, 6.45) is 0.799. The Bertz CT molecular complexity index is 777. The molecular formula is C19H17NO3. The number of nitrogens with one attached hydrogen (secondary N) is 1. The van der Waals surface area contributed by atoms with E-state index in [9.17, 15) is 14.4 Å². The van der Waals surface area contributed by atoms with Crippen LogP contribution in [-0.2, 0) is 11.2 Å². The Morgan fingerprint density at radius 2 is 1.70 bits per heavy atom. The minimum absolute atomic E-state index is 0.0129. The van der Waals surface area contributed by atoms with Gasteiger partial charge in [0.2, 0.25) is 5.91 Å². The monoisotopic (exact) mass is 307 g/mol. The number of hydrogen-bond donors (Lipinski definition) is 1. The van der Waals surface area contributed by atoms with Crippen molar-refractivity contribution in [2.75, 3.05) is 5.32 Å². The summed E-state index contributed by atoms with van der Waals surface area (Å²) in [6, 6.07) is 14.2. The van der Waals surface area contributed by atoms with Crippen LogP contribution in [0.1, 0.15) is 39.6 Å². The normalized spacial score (nSPS) is 16.6. The topological polar surface area (TPSA) is 63.2 Å². The number of carbonyl (C=O) groups is 3. The lowest BCUT2D eigenvalue weighted by Crippen LogP contribution is -2.30. The van der Waals surface area contributed by atoms with E-state index >= 15 is 0 Å². The van der Waals surface area contributed by atoms with Crippen molar-refractivity contribution in [3.63, 3.8) is 0 Å². The minimum Gasteiger partial charge on any atom is -0.326 e. The van der Waals surface area contributed by atoms with Crippen molar-refractivity contribution >= 4 is 23.2 Å². The summed E-state index contributed by atoms with van der Waals surface area (Å²) in [5.41, 5.74) is 2.88. The van der Waals surface area contributed by atoms with Gasteiger partial charge in [0, 0.05) is 29.2 Å². The van der Waals surface area contributed by atoms with Crippen LogP contribution in [0.3, 0.4) is 0 Å². The van der Waals surface area contributed by atoms with E-state index in [-0.39, 0.29) is 29.8 Å². The predicted molar refractivity (Wildman–Crippen MR) is 87.7 cm³/mol. The van der Waals surface area contributed by atoms with Crippen LogP contribution in [0.25, 0.3) is 0 Å². The molecule has 1 atom stereocenters. The average Bonchev–Trinajstić information content (AvgIpc) is 2.55. The molecule has 0 aromatic heterocycles. The van der Waals surface area contributed by atoms with Gasteiger partial charge in [0.1, 0.15) is 0 Å². The molecule has 0 saturated carbocycles. The molecule has 2 aromatic rings. The van der Waals surface area contributed by atoms with Crippen molar-refractivity contribution in [3.05, 3.63) is 65.2 Å². The van der Waals surface area contributed by atoms with E-state index < -0.39 is 0 Å².